The molecule has 2 rings (SSSR count). The molecule has 0 amide bonds. The van der Waals surface area contributed by atoms with E-state index < -0.39 is 0 Å². The Morgan fingerprint density at radius 3 is 2.89 bits per heavy atom. The second-order valence-corrected chi connectivity index (χ2v) is 5.68. The molecule has 98 valence electrons. The van der Waals surface area contributed by atoms with Gasteiger partial charge in [0.1, 0.15) is 0 Å². The van der Waals surface area contributed by atoms with E-state index in [1.165, 1.54) is 15.6 Å². The van der Waals surface area contributed by atoms with E-state index in [0.29, 0.717) is 6.54 Å². The fraction of sp³-hybridized carbons (Fsp3) is 0.429. The molecule has 0 bridgehead atoms. The first-order valence-corrected chi connectivity index (χ1v) is 7.18. The molecule has 18 heavy (non-hydrogen) atoms. The molecule has 4 N–H and O–H groups in total. The van der Waals surface area contributed by atoms with Crippen LogP contribution >= 0.6 is 11.3 Å². The second-order valence-electron chi connectivity index (χ2n) is 4.77. The van der Waals surface area contributed by atoms with E-state index in [1.54, 1.807) is 0 Å². The molecule has 0 aliphatic heterocycles. The summed E-state index contributed by atoms with van der Waals surface area (Å²) in [7, 11) is 2.10. The summed E-state index contributed by atoms with van der Waals surface area (Å²) in [5, 5.41) is 3.65. The van der Waals surface area contributed by atoms with Gasteiger partial charge in [-0.25, -0.2) is 0 Å². The van der Waals surface area contributed by atoms with Crippen molar-refractivity contribution in [2.75, 3.05) is 26.7 Å². The van der Waals surface area contributed by atoms with Gasteiger partial charge in [0.05, 0.1) is 0 Å². The van der Waals surface area contributed by atoms with Crippen LogP contribution in [0.2, 0.25) is 0 Å². The van der Waals surface area contributed by atoms with E-state index in [2.05, 4.69) is 41.6 Å². The van der Waals surface area contributed by atoms with Crippen LogP contribution in [0.25, 0.3) is 10.1 Å². The van der Waals surface area contributed by atoms with Gasteiger partial charge in [-0.3, -0.25) is 0 Å². The van der Waals surface area contributed by atoms with Gasteiger partial charge < -0.3 is 16.4 Å². The molecule has 1 aromatic heterocycles. The number of likely N-dealkylation sites (N-methyl/N-ethyl adjacent to an activating group) is 1. The van der Waals surface area contributed by atoms with Gasteiger partial charge in [-0.1, -0.05) is 18.2 Å². The number of fused-ring (bicyclic) bond motifs is 1. The molecule has 0 aliphatic carbocycles. The molecule has 0 radical (unpaired) electrons. The highest BCUT2D eigenvalue weighted by atomic mass is 32.1. The van der Waals surface area contributed by atoms with E-state index in [0.717, 1.165) is 19.5 Å². The molecular formula is C14H21N3S. The van der Waals surface area contributed by atoms with Crippen molar-refractivity contribution in [2.24, 2.45) is 11.5 Å². The lowest BCUT2D eigenvalue weighted by molar-refractivity contribution is 0.316. The third-order valence-corrected chi connectivity index (χ3v) is 4.19. The van der Waals surface area contributed by atoms with Crippen LogP contribution in [0, 0.1) is 0 Å². The summed E-state index contributed by atoms with van der Waals surface area (Å²) in [6.07, 6.45) is 1.07. The minimum Gasteiger partial charge on any atom is -0.329 e. The minimum absolute atomic E-state index is 0.0780. The van der Waals surface area contributed by atoms with Gasteiger partial charge in [0.15, 0.2) is 0 Å². The van der Waals surface area contributed by atoms with E-state index in [1.807, 2.05) is 11.3 Å². The van der Waals surface area contributed by atoms with Gasteiger partial charge in [0, 0.05) is 30.4 Å². The van der Waals surface area contributed by atoms with Crippen LogP contribution in [-0.4, -0.2) is 37.6 Å². The summed E-state index contributed by atoms with van der Waals surface area (Å²) in [6, 6.07) is 8.65. The lowest BCUT2D eigenvalue weighted by Crippen LogP contribution is -2.41. The topological polar surface area (TPSA) is 55.3 Å². The first kappa shape index (κ1) is 13.5. The number of benzene rings is 1. The predicted molar refractivity (Wildman–Crippen MR) is 80.1 cm³/mol. The van der Waals surface area contributed by atoms with Gasteiger partial charge in [0.2, 0.25) is 0 Å². The Morgan fingerprint density at radius 2 is 2.11 bits per heavy atom. The fourth-order valence-corrected chi connectivity index (χ4v) is 3.10. The van der Waals surface area contributed by atoms with Crippen LogP contribution in [-0.2, 0) is 6.42 Å². The molecule has 1 atom stereocenters. The normalized spacial score (nSPS) is 13.3. The zero-order chi connectivity index (χ0) is 13.0. The molecule has 0 saturated carbocycles. The molecule has 1 heterocycles. The van der Waals surface area contributed by atoms with E-state index in [-0.39, 0.29) is 6.04 Å². The summed E-state index contributed by atoms with van der Waals surface area (Å²) in [5.74, 6) is 0. The molecule has 1 unspecified atom stereocenters. The van der Waals surface area contributed by atoms with Crippen molar-refractivity contribution >= 4 is 21.4 Å². The molecule has 0 saturated heterocycles. The highest BCUT2D eigenvalue weighted by Gasteiger charge is 2.07. The first-order valence-electron chi connectivity index (χ1n) is 6.30. The number of thiophene rings is 1. The highest BCUT2D eigenvalue weighted by molar-refractivity contribution is 7.17. The maximum atomic E-state index is 5.85. The summed E-state index contributed by atoms with van der Waals surface area (Å²) in [4.78, 5) is 2.25. The quantitative estimate of drug-likeness (QED) is 0.833. The van der Waals surface area contributed by atoms with Gasteiger partial charge in [-0.15, -0.1) is 11.3 Å². The molecule has 0 aliphatic rings. The Morgan fingerprint density at radius 1 is 1.33 bits per heavy atom. The summed E-state index contributed by atoms with van der Waals surface area (Å²) in [5.41, 5.74) is 12.8. The van der Waals surface area contributed by atoms with Crippen LogP contribution < -0.4 is 11.5 Å². The molecule has 1 aromatic carbocycles. The Labute approximate surface area is 112 Å². The maximum absolute atomic E-state index is 5.85. The van der Waals surface area contributed by atoms with Crippen LogP contribution in [0.4, 0.5) is 0 Å². The Kier molecular flexibility index (Phi) is 4.72. The van der Waals surface area contributed by atoms with Gasteiger partial charge in [-0.05, 0) is 35.9 Å². The Hall–Kier alpha value is -0.940. The lowest BCUT2D eigenvalue weighted by Gasteiger charge is -2.19. The van der Waals surface area contributed by atoms with Gasteiger partial charge in [0.25, 0.3) is 0 Å². The van der Waals surface area contributed by atoms with Crippen molar-refractivity contribution in [1.82, 2.24) is 4.90 Å². The average Bonchev–Trinajstić information content (AvgIpc) is 2.79. The maximum Gasteiger partial charge on any atom is 0.0345 e. The molecular weight excluding hydrogens is 242 g/mol. The zero-order valence-electron chi connectivity index (χ0n) is 10.8. The SMILES string of the molecule is CN(CCc1csc2ccccc12)CC(N)CN. The summed E-state index contributed by atoms with van der Waals surface area (Å²) in [6.45, 7) is 2.43. The lowest BCUT2D eigenvalue weighted by atomic mass is 10.1. The molecule has 4 heteroatoms. The predicted octanol–water partition coefficient (Wildman–Crippen LogP) is 1.66. The third-order valence-electron chi connectivity index (χ3n) is 3.17. The number of rotatable bonds is 6. The smallest absolute Gasteiger partial charge is 0.0345 e. The zero-order valence-corrected chi connectivity index (χ0v) is 11.6. The van der Waals surface area contributed by atoms with Crippen molar-refractivity contribution in [2.45, 2.75) is 12.5 Å². The number of nitrogens with zero attached hydrogens (tertiary/aromatic N) is 1. The molecule has 3 nitrogen and oxygen atoms in total. The third kappa shape index (κ3) is 3.29. The fourth-order valence-electron chi connectivity index (χ4n) is 2.10. The van der Waals surface area contributed by atoms with Crippen molar-refractivity contribution in [3.8, 4) is 0 Å². The van der Waals surface area contributed by atoms with Gasteiger partial charge >= 0.3 is 0 Å². The molecule has 0 fully saturated rings. The monoisotopic (exact) mass is 263 g/mol. The summed E-state index contributed by atoms with van der Waals surface area (Å²) >= 11 is 1.82. The second kappa shape index (κ2) is 6.29. The van der Waals surface area contributed by atoms with Crippen molar-refractivity contribution < 1.29 is 0 Å². The van der Waals surface area contributed by atoms with Crippen molar-refractivity contribution in [3.63, 3.8) is 0 Å². The summed E-state index contributed by atoms with van der Waals surface area (Å²) < 4.78 is 1.37. The Balaban J connectivity index is 1.94. The van der Waals surface area contributed by atoms with Crippen molar-refractivity contribution in [1.29, 1.82) is 0 Å². The van der Waals surface area contributed by atoms with Crippen LogP contribution in [0.15, 0.2) is 29.6 Å². The highest BCUT2D eigenvalue weighted by Crippen LogP contribution is 2.25. The van der Waals surface area contributed by atoms with Crippen LogP contribution in [0.1, 0.15) is 5.56 Å². The molecule has 0 spiro atoms. The minimum atomic E-state index is 0.0780. The van der Waals surface area contributed by atoms with Crippen LogP contribution in [0.3, 0.4) is 0 Å². The largest absolute Gasteiger partial charge is 0.329 e. The number of nitrogens with two attached hydrogens (primary N) is 2. The number of hydrogen-bond donors (Lipinski definition) is 2. The van der Waals surface area contributed by atoms with E-state index >= 15 is 0 Å². The van der Waals surface area contributed by atoms with E-state index in [9.17, 15) is 0 Å². The Bertz CT molecular complexity index is 494. The number of hydrogen-bond acceptors (Lipinski definition) is 4. The van der Waals surface area contributed by atoms with E-state index in [4.69, 9.17) is 11.5 Å². The van der Waals surface area contributed by atoms with Crippen molar-refractivity contribution in [3.05, 3.63) is 35.2 Å². The standard InChI is InChI=1S/C14H21N3S/c1-17(9-12(16)8-15)7-6-11-10-18-14-5-3-2-4-13(11)14/h2-5,10,12H,6-9,15-16H2,1H3. The van der Waals surface area contributed by atoms with Gasteiger partial charge in [-0.2, -0.15) is 0 Å². The first-order chi connectivity index (χ1) is 8.70. The average molecular weight is 263 g/mol. The van der Waals surface area contributed by atoms with Crippen LogP contribution in [0.5, 0.6) is 0 Å². The molecule has 2 aromatic rings.